The van der Waals surface area contributed by atoms with Gasteiger partial charge in [-0.2, -0.15) is 0 Å². The summed E-state index contributed by atoms with van der Waals surface area (Å²) in [7, 11) is -2.87. The average Bonchev–Trinajstić information content (AvgIpc) is 3.24. The van der Waals surface area contributed by atoms with Crippen molar-refractivity contribution in [3.8, 4) is 12.3 Å². The van der Waals surface area contributed by atoms with Crippen LogP contribution in [-0.2, 0) is 28.2 Å². The van der Waals surface area contributed by atoms with Crippen molar-refractivity contribution in [1.29, 1.82) is 0 Å². The Kier molecular flexibility index (Phi) is 6.73. The third-order valence-corrected chi connectivity index (χ3v) is 11.7. The molecule has 35 heavy (non-hydrogen) atoms. The predicted molar refractivity (Wildman–Crippen MR) is 136 cm³/mol. The molecule has 186 valence electrons. The molecule has 2 aromatic rings. The molecule has 4 atom stereocenters. The highest BCUT2D eigenvalue weighted by Crippen LogP contribution is 2.46. The number of fused-ring (bicyclic) bond motifs is 1. The van der Waals surface area contributed by atoms with Gasteiger partial charge in [0.05, 0.1) is 6.61 Å². The number of rotatable bonds is 6. The van der Waals surface area contributed by atoms with Gasteiger partial charge in [0.25, 0.3) is 8.32 Å². The minimum absolute atomic E-state index is 0.102. The lowest BCUT2D eigenvalue weighted by molar-refractivity contribution is -0.230. The molecule has 6 nitrogen and oxygen atoms in total. The minimum atomic E-state index is -2.87. The van der Waals surface area contributed by atoms with Crippen LogP contribution in [0.5, 0.6) is 0 Å². The predicted octanol–water partition coefficient (Wildman–Crippen LogP) is 3.37. The summed E-state index contributed by atoms with van der Waals surface area (Å²) in [6, 6.07) is 20.6. The van der Waals surface area contributed by atoms with Crippen molar-refractivity contribution in [3.63, 3.8) is 0 Å². The summed E-state index contributed by atoms with van der Waals surface area (Å²) in [5, 5.41) is 2.02. The van der Waals surface area contributed by atoms with E-state index in [1.165, 1.54) is 6.92 Å². The van der Waals surface area contributed by atoms with Crippen molar-refractivity contribution in [2.24, 2.45) is 0 Å². The van der Waals surface area contributed by atoms with Crippen LogP contribution in [0.2, 0.25) is 5.04 Å². The number of ether oxygens (including phenoxy) is 4. The average molecular weight is 495 g/mol. The first-order chi connectivity index (χ1) is 16.5. The fourth-order valence-electron chi connectivity index (χ4n) is 5.26. The zero-order valence-electron chi connectivity index (χ0n) is 21.2. The number of benzene rings is 2. The standard InChI is InChI=1S/C28H34O6Si/c1-8-28(32-20(2)29)23(31-25-24(28)33-27(6,7)34-25)19-30-35(26(3,4)5,21-15-11-9-12-16-21)22-17-13-10-14-18-22/h1,9-18,23-25H,19H2,2-7H3/t23-,24+,25-,28-/m1/s1. The number of carbonyl (C=O) groups excluding carboxylic acids is 1. The molecule has 2 fully saturated rings. The first-order valence-corrected chi connectivity index (χ1v) is 13.8. The Bertz CT molecular complexity index is 1050. The highest BCUT2D eigenvalue weighted by Gasteiger charge is 2.66. The maximum Gasteiger partial charge on any atom is 0.304 e. The molecule has 7 heteroatoms. The zero-order chi connectivity index (χ0) is 25.5. The topological polar surface area (TPSA) is 63.2 Å². The summed E-state index contributed by atoms with van der Waals surface area (Å²) >= 11 is 0. The van der Waals surface area contributed by atoms with Crippen LogP contribution >= 0.6 is 0 Å². The van der Waals surface area contributed by atoms with Crippen LogP contribution in [0, 0.1) is 12.3 Å². The molecule has 0 unspecified atom stereocenters. The van der Waals surface area contributed by atoms with Gasteiger partial charge in [0, 0.05) is 6.92 Å². The summed E-state index contributed by atoms with van der Waals surface area (Å²) in [5.41, 5.74) is -1.48. The van der Waals surface area contributed by atoms with E-state index in [2.05, 4.69) is 51.0 Å². The van der Waals surface area contributed by atoms with E-state index in [-0.39, 0.29) is 11.6 Å². The molecule has 0 aromatic heterocycles. The molecule has 2 saturated heterocycles. The van der Waals surface area contributed by atoms with E-state index in [0.29, 0.717) is 0 Å². The number of hydrogen-bond donors (Lipinski definition) is 0. The van der Waals surface area contributed by atoms with Gasteiger partial charge in [0.2, 0.25) is 5.60 Å². The molecule has 2 aromatic carbocycles. The first kappa shape index (κ1) is 25.6. The largest absolute Gasteiger partial charge is 0.440 e. The van der Waals surface area contributed by atoms with E-state index in [9.17, 15) is 4.79 Å². The van der Waals surface area contributed by atoms with Gasteiger partial charge in [-0.3, -0.25) is 4.79 Å². The maximum absolute atomic E-state index is 12.2. The third kappa shape index (κ3) is 4.46. The van der Waals surface area contributed by atoms with Crippen molar-refractivity contribution in [2.75, 3.05) is 6.61 Å². The van der Waals surface area contributed by atoms with Crippen LogP contribution in [0.25, 0.3) is 0 Å². The lowest BCUT2D eigenvalue weighted by atomic mass is 9.93. The second kappa shape index (κ2) is 9.19. The Hall–Kier alpha value is -2.47. The number of esters is 1. The number of terminal acetylenes is 1. The van der Waals surface area contributed by atoms with Gasteiger partial charge in [-0.15, -0.1) is 6.42 Å². The van der Waals surface area contributed by atoms with Gasteiger partial charge in [-0.25, -0.2) is 0 Å². The fraction of sp³-hybridized carbons (Fsp3) is 0.464. The van der Waals surface area contributed by atoms with E-state index >= 15 is 0 Å². The lowest BCUT2D eigenvalue weighted by Gasteiger charge is -2.44. The van der Waals surface area contributed by atoms with E-state index in [1.807, 2.05) is 36.4 Å². The fourth-order valence-corrected chi connectivity index (χ4v) is 9.81. The summed E-state index contributed by atoms with van der Waals surface area (Å²) in [6.45, 7) is 11.6. The van der Waals surface area contributed by atoms with Crippen LogP contribution < -0.4 is 10.4 Å². The quantitative estimate of drug-likeness (QED) is 0.349. The minimum Gasteiger partial charge on any atom is -0.440 e. The normalized spacial score (nSPS) is 27.7. The lowest BCUT2D eigenvalue weighted by Crippen LogP contribution is -2.67. The molecule has 0 aliphatic carbocycles. The number of carbonyl (C=O) groups is 1. The first-order valence-electron chi connectivity index (χ1n) is 11.9. The summed E-state index contributed by atoms with van der Waals surface area (Å²) in [5.74, 6) is 1.25. The van der Waals surface area contributed by atoms with Crippen molar-refractivity contribution in [3.05, 3.63) is 60.7 Å². The van der Waals surface area contributed by atoms with E-state index in [4.69, 9.17) is 29.8 Å². The molecule has 0 N–H and O–H groups in total. The van der Waals surface area contributed by atoms with Crippen molar-refractivity contribution in [2.45, 2.75) is 76.5 Å². The number of hydrogen-bond acceptors (Lipinski definition) is 6. The van der Waals surface area contributed by atoms with Crippen LogP contribution in [0.15, 0.2) is 60.7 Å². The molecule has 2 aliphatic heterocycles. The Morgan fingerprint density at radius 3 is 2.03 bits per heavy atom. The van der Waals surface area contributed by atoms with Gasteiger partial charge in [-0.1, -0.05) is 87.4 Å². The third-order valence-electron chi connectivity index (χ3n) is 6.66. The monoisotopic (exact) mass is 494 g/mol. The van der Waals surface area contributed by atoms with Gasteiger partial charge in [-0.05, 0) is 29.3 Å². The summed E-state index contributed by atoms with van der Waals surface area (Å²) in [6.07, 6.45) is 3.70. The van der Waals surface area contributed by atoms with Crippen molar-refractivity contribution in [1.82, 2.24) is 0 Å². The molecule has 4 rings (SSSR count). The van der Waals surface area contributed by atoms with Gasteiger partial charge >= 0.3 is 5.97 Å². The molecule has 0 radical (unpaired) electrons. The summed E-state index contributed by atoms with van der Waals surface area (Å²) < 4.78 is 31.0. The Morgan fingerprint density at radius 1 is 1.03 bits per heavy atom. The molecule has 0 saturated carbocycles. The van der Waals surface area contributed by atoms with Crippen molar-refractivity contribution >= 4 is 24.7 Å². The Morgan fingerprint density at radius 2 is 1.57 bits per heavy atom. The molecule has 0 bridgehead atoms. The molecule has 0 amide bonds. The maximum atomic E-state index is 12.2. The van der Waals surface area contributed by atoms with E-state index in [0.717, 1.165) is 10.4 Å². The smallest absolute Gasteiger partial charge is 0.304 e. The van der Waals surface area contributed by atoms with Crippen LogP contribution in [0.1, 0.15) is 41.5 Å². The molecule has 2 heterocycles. The zero-order valence-corrected chi connectivity index (χ0v) is 22.2. The van der Waals surface area contributed by atoms with Crippen LogP contribution in [0.3, 0.4) is 0 Å². The van der Waals surface area contributed by atoms with Crippen LogP contribution in [-0.4, -0.2) is 50.8 Å². The second-order valence-electron chi connectivity index (χ2n) is 10.6. The van der Waals surface area contributed by atoms with E-state index in [1.54, 1.807) is 13.8 Å². The summed E-state index contributed by atoms with van der Waals surface area (Å²) in [4.78, 5) is 12.2. The second-order valence-corrected chi connectivity index (χ2v) is 14.9. The van der Waals surface area contributed by atoms with Gasteiger partial charge in [0.1, 0.15) is 6.10 Å². The van der Waals surface area contributed by atoms with Crippen molar-refractivity contribution < 1.29 is 28.2 Å². The SMILES string of the molecule is C#C[C@@]1(OC(C)=O)[C@@H](CO[Si](c2ccccc2)(c2ccccc2)C(C)(C)C)O[C@@H]2OC(C)(C)O[C@@H]21. The van der Waals surface area contributed by atoms with Gasteiger partial charge in [0.15, 0.2) is 18.2 Å². The van der Waals surface area contributed by atoms with E-state index < -0.39 is 44.2 Å². The molecule has 2 aliphatic rings. The molecule has 0 spiro atoms. The van der Waals surface area contributed by atoms with Crippen LogP contribution in [0.4, 0.5) is 0 Å². The molecular weight excluding hydrogens is 460 g/mol. The Balaban J connectivity index is 1.76. The highest BCUT2D eigenvalue weighted by molar-refractivity contribution is 6.99. The Labute approximate surface area is 209 Å². The molecular formula is C28H34O6Si. The van der Waals surface area contributed by atoms with Gasteiger partial charge < -0.3 is 23.4 Å². The highest BCUT2D eigenvalue weighted by atomic mass is 28.4.